The summed E-state index contributed by atoms with van der Waals surface area (Å²) < 4.78 is 12.6. The highest BCUT2D eigenvalue weighted by atomic mass is 32.2. The van der Waals surface area contributed by atoms with Gasteiger partial charge in [-0.3, -0.25) is 14.2 Å². The first-order valence-corrected chi connectivity index (χ1v) is 11.6. The van der Waals surface area contributed by atoms with Crippen molar-refractivity contribution in [2.75, 3.05) is 18.2 Å². The van der Waals surface area contributed by atoms with Gasteiger partial charge in [0.2, 0.25) is 11.5 Å². The zero-order valence-electron chi connectivity index (χ0n) is 18.4. The average Bonchev–Trinajstić information content (AvgIpc) is 3.25. The summed E-state index contributed by atoms with van der Waals surface area (Å²) in [7, 11) is 1.59. The van der Waals surface area contributed by atoms with Crippen LogP contribution in [0, 0.1) is 0 Å². The molecule has 1 N–H and O–H groups in total. The first-order chi connectivity index (χ1) is 16.6. The molecule has 0 saturated heterocycles. The van der Waals surface area contributed by atoms with Crippen molar-refractivity contribution in [1.29, 1.82) is 0 Å². The second kappa shape index (κ2) is 9.44. The number of methoxy groups -OCH3 is 1. The van der Waals surface area contributed by atoms with Crippen LogP contribution in [0.4, 0.5) is 5.69 Å². The maximum absolute atomic E-state index is 13.4. The Morgan fingerprint density at radius 2 is 1.76 bits per heavy atom. The van der Waals surface area contributed by atoms with E-state index in [-0.39, 0.29) is 22.8 Å². The molecule has 0 aliphatic heterocycles. The number of benzene rings is 3. The van der Waals surface area contributed by atoms with Crippen LogP contribution in [0.15, 0.2) is 93.2 Å². The Morgan fingerprint density at radius 1 is 1.03 bits per heavy atom. The highest BCUT2D eigenvalue weighted by Crippen LogP contribution is 2.27. The van der Waals surface area contributed by atoms with E-state index in [0.717, 1.165) is 10.9 Å². The van der Waals surface area contributed by atoms with Crippen LogP contribution >= 0.6 is 11.8 Å². The Labute approximate surface area is 199 Å². The number of carbonyl (C=O) groups is 1. The fourth-order valence-corrected chi connectivity index (χ4v) is 4.46. The molecule has 0 aliphatic rings. The van der Waals surface area contributed by atoms with Gasteiger partial charge in [0, 0.05) is 11.1 Å². The summed E-state index contributed by atoms with van der Waals surface area (Å²) in [5.41, 5.74) is 2.66. The Balaban J connectivity index is 1.47. The van der Waals surface area contributed by atoms with E-state index in [0.29, 0.717) is 34.2 Å². The van der Waals surface area contributed by atoms with Crippen LogP contribution in [0.3, 0.4) is 0 Å². The first kappa shape index (κ1) is 21.8. The second-order valence-electron chi connectivity index (χ2n) is 7.61. The minimum absolute atomic E-state index is 0.0918. The molecule has 7 nitrogen and oxygen atoms in total. The van der Waals surface area contributed by atoms with Gasteiger partial charge in [-0.2, -0.15) is 0 Å². The van der Waals surface area contributed by atoms with Crippen molar-refractivity contribution in [2.45, 2.75) is 11.7 Å². The van der Waals surface area contributed by atoms with Gasteiger partial charge in [-0.1, -0.05) is 54.2 Å². The van der Waals surface area contributed by atoms with Crippen molar-refractivity contribution < 1.29 is 13.9 Å². The number of rotatable bonds is 7. The monoisotopic (exact) mass is 471 g/mol. The summed E-state index contributed by atoms with van der Waals surface area (Å²) in [4.78, 5) is 30.8. The van der Waals surface area contributed by atoms with E-state index in [1.165, 1.54) is 11.8 Å². The number of furan rings is 1. The molecule has 0 aliphatic carbocycles. The Morgan fingerprint density at radius 3 is 2.53 bits per heavy atom. The third-order valence-corrected chi connectivity index (χ3v) is 6.31. The average molecular weight is 472 g/mol. The molecule has 3 aromatic carbocycles. The van der Waals surface area contributed by atoms with Crippen molar-refractivity contribution in [3.63, 3.8) is 0 Å². The van der Waals surface area contributed by atoms with E-state index < -0.39 is 0 Å². The van der Waals surface area contributed by atoms with Gasteiger partial charge in [-0.25, -0.2) is 4.98 Å². The van der Waals surface area contributed by atoms with Crippen LogP contribution in [0.5, 0.6) is 5.75 Å². The number of hydrogen-bond acceptors (Lipinski definition) is 6. The van der Waals surface area contributed by atoms with Gasteiger partial charge >= 0.3 is 0 Å². The van der Waals surface area contributed by atoms with Gasteiger partial charge in [0.15, 0.2) is 5.16 Å². The van der Waals surface area contributed by atoms with Gasteiger partial charge in [0.25, 0.3) is 5.56 Å². The van der Waals surface area contributed by atoms with Crippen LogP contribution < -0.4 is 15.6 Å². The molecule has 0 bridgehead atoms. The number of nitrogens with zero attached hydrogens (tertiary/aromatic N) is 2. The lowest BCUT2D eigenvalue weighted by Gasteiger charge is -2.12. The van der Waals surface area contributed by atoms with Gasteiger partial charge in [0.05, 0.1) is 19.4 Å². The molecule has 5 rings (SSSR count). The second-order valence-corrected chi connectivity index (χ2v) is 8.56. The molecular weight excluding hydrogens is 450 g/mol. The summed E-state index contributed by atoms with van der Waals surface area (Å²) in [6.45, 7) is 0.322. The van der Waals surface area contributed by atoms with Crippen LogP contribution in [-0.4, -0.2) is 28.3 Å². The predicted octanol–water partition coefficient (Wildman–Crippen LogP) is 4.93. The molecule has 170 valence electrons. The maximum atomic E-state index is 13.4. The fourth-order valence-electron chi connectivity index (χ4n) is 3.67. The fraction of sp³-hybridized carbons (Fsp3) is 0.115. The molecule has 0 saturated carbocycles. The molecule has 0 radical (unpaired) electrons. The molecule has 0 spiro atoms. The van der Waals surface area contributed by atoms with Gasteiger partial charge in [0.1, 0.15) is 16.8 Å². The number of para-hydroxylation sites is 1. The minimum atomic E-state index is -0.275. The SMILES string of the molecule is COc1ccc(NC(=O)CSc2nc3c(oc4ccccc43)c(=O)n2Cc2ccccc2)cc1. The van der Waals surface area contributed by atoms with E-state index in [1.54, 1.807) is 35.9 Å². The standard InChI is InChI=1S/C26H21N3O4S/c1-32-19-13-11-18(12-14-19)27-22(30)16-34-26-28-23-20-9-5-6-10-21(20)33-24(23)25(31)29(26)15-17-7-3-2-4-8-17/h2-14H,15-16H2,1H3,(H,27,30). The number of nitrogens with one attached hydrogen (secondary N) is 1. The lowest BCUT2D eigenvalue weighted by Crippen LogP contribution is -2.24. The lowest BCUT2D eigenvalue weighted by molar-refractivity contribution is -0.113. The van der Waals surface area contributed by atoms with Gasteiger partial charge in [-0.15, -0.1) is 0 Å². The van der Waals surface area contributed by atoms with Crippen molar-refractivity contribution >= 4 is 45.4 Å². The van der Waals surface area contributed by atoms with Crippen molar-refractivity contribution in [3.8, 4) is 5.75 Å². The van der Waals surface area contributed by atoms with Crippen LogP contribution in [0.2, 0.25) is 0 Å². The van der Waals surface area contributed by atoms with Crippen molar-refractivity contribution in [3.05, 3.63) is 94.8 Å². The zero-order valence-corrected chi connectivity index (χ0v) is 19.2. The van der Waals surface area contributed by atoms with Gasteiger partial charge in [-0.05, 0) is 42.0 Å². The molecule has 1 amide bonds. The number of amides is 1. The Bertz CT molecular complexity index is 1530. The molecule has 2 heterocycles. The summed E-state index contributed by atoms with van der Waals surface area (Å²) in [5.74, 6) is 0.601. The number of fused-ring (bicyclic) bond motifs is 3. The normalized spacial score (nSPS) is 11.1. The maximum Gasteiger partial charge on any atom is 0.298 e. The number of carbonyl (C=O) groups excluding carboxylic acids is 1. The molecule has 0 unspecified atom stereocenters. The van der Waals surface area contributed by atoms with E-state index in [9.17, 15) is 9.59 Å². The molecule has 5 aromatic rings. The zero-order chi connectivity index (χ0) is 23.5. The highest BCUT2D eigenvalue weighted by Gasteiger charge is 2.19. The smallest absolute Gasteiger partial charge is 0.298 e. The van der Waals surface area contributed by atoms with E-state index >= 15 is 0 Å². The third-order valence-electron chi connectivity index (χ3n) is 5.34. The molecule has 2 aromatic heterocycles. The van der Waals surface area contributed by atoms with Crippen LogP contribution in [0.1, 0.15) is 5.56 Å². The number of ether oxygens (including phenoxy) is 1. The van der Waals surface area contributed by atoms with Gasteiger partial charge < -0.3 is 14.5 Å². The molecule has 8 heteroatoms. The van der Waals surface area contributed by atoms with Crippen LogP contribution in [0.25, 0.3) is 22.1 Å². The number of hydrogen-bond donors (Lipinski definition) is 1. The Kier molecular flexibility index (Phi) is 6.05. The number of thioether (sulfide) groups is 1. The van der Waals surface area contributed by atoms with Crippen molar-refractivity contribution in [2.24, 2.45) is 0 Å². The topological polar surface area (TPSA) is 86.4 Å². The third kappa shape index (κ3) is 4.40. The molecule has 0 fully saturated rings. The summed E-state index contributed by atoms with van der Waals surface area (Å²) in [6, 6.07) is 24.2. The van der Waals surface area contributed by atoms with E-state index in [2.05, 4.69) is 5.32 Å². The largest absolute Gasteiger partial charge is 0.497 e. The number of anilines is 1. The van der Waals surface area contributed by atoms with Crippen molar-refractivity contribution in [1.82, 2.24) is 9.55 Å². The quantitative estimate of drug-likeness (QED) is 0.268. The Hall–Kier alpha value is -4.04. The molecular formula is C26H21N3O4S. The van der Waals surface area contributed by atoms with E-state index in [1.807, 2.05) is 54.6 Å². The molecule has 0 atom stereocenters. The highest BCUT2D eigenvalue weighted by molar-refractivity contribution is 7.99. The van der Waals surface area contributed by atoms with E-state index in [4.69, 9.17) is 14.1 Å². The minimum Gasteiger partial charge on any atom is -0.497 e. The predicted molar refractivity (Wildman–Crippen MR) is 134 cm³/mol. The molecule has 34 heavy (non-hydrogen) atoms. The number of aromatic nitrogens is 2. The summed E-state index contributed by atoms with van der Waals surface area (Å²) >= 11 is 1.22. The lowest BCUT2D eigenvalue weighted by atomic mass is 10.2. The summed E-state index contributed by atoms with van der Waals surface area (Å²) in [6.07, 6.45) is 0. The van der Waals surface area contributed by atoms with Crippen LogP contribution in [-0.2, 0) is 11.3 Å². The summed E-state index contributed by atoms with van der Waals surface area (Å²) in [5, 5.41) is 4.09. The first-order valence-electron chi connectivity index (χ1n) is 10.6.